The Morgan fingerprint density at radius 1 is 1.44 bits per heavy atom. The molecule has 0 aliphatic carbocycles. The van der Waals surface area contributed by atoms with Crippen LogP contribution in [0, 0.1) is 0 Å². The lowest BCUT2D eigenvalue weighted by atomic mass is 10.0. The Morgan fingerprint density at radius 2 is 2.19 bits per heavy atom. The zero-order valence-corrected chi connectivity index (χ0v) is 9.32. The molecule has 1 aromatic carbocycles. The molecule has 1 aromatic rings. The van der Waals surface area contributed by atoms with E-state index >= 15 is 0 Å². The van der Waals surface area contributed by atoms with E-state index in [1.54, 1.807) is 11.9 Å². The number of ether oxygens (including phenoxy) is 2. The number of nitrogens with zero attached hydrogens (tertiary/aromatic N) is 1. The second-order valence-electron chi connectivity index (χ2n) is 4.44. The van der Waals surface area contributed by atoms with Crippen molar-refractivity contribution in [1.29, 1.82) is 0 Å². The lowest BCUT2D eigenvalue weighted by Crippen LogP contribution is -2.35. The third-order valence-electron chi connectivity index (χ3n) is 3.23. The number of carbonyl (C=O) groups excluding carboxylic acids is 1. The van der Waals surface area contributed by atoms with Gasteiger partial charge >= 0.3 is 0 Å². The van der Waals surface area contributed by atoms with Crippen LogP contribution in [-0.4, -0.2) is 26.2 Å². The van der Waals surface area contributed by atoms with Crippen LogP contribution in [0.15, 0.2) is 18.2 Å². The number of likely N-dealkylation sites (N-methyl/N-ethyl adjacent to an activating group) is 1. The van der Waals surface area contributed by atoms with Crippen LogP contribution in [0.5, 0.6) is 5.75 Å². The van der Waals surface area contributed by atoms with Crippen LogP contribution in [0.2, 0.25) is 0 Å². The number of fused-ring (bicyclic) bond motifs is 1. The fourth-order valence-electron chi connectivity index (χ4n) is 1.88. The van der Waals surface area contributed by atoms with Gasteiger partial charge in [0.05, 0.1) is 12.3 Å². The Balaban J connectivity index is 2.06. The number of epoxide rings is 1. The van der Waals surface area contributed by atoms with Crippen molar-refractivity contribution < 1.29 is 14.3 Å². The number of benzene rings is 1. The highest BCUT2D eigenvalue weighted by Crippen LogP contribution is 2.42. The molecule has 1 atom stereocenters. The molecule has 0 saturated carbocycles. The third kappa shape index (κ3) is 1.30. The van der Waals surface area contributed by atoms with Gasteiger partial charge in [0, 0.05) is 7.05 Å². The summed E-state index contributed by atoms with van der Waals surface area (Å²) < 4.78 is 10.8. The molecule has 0 bridgehead atoms. The molecule has 2 aliphatic heterocycles. The fourth-order valence-corrected chi connectivity index (χ4v) is 1.88. The molecule has 1 unspecified atom stereocenters. The number of hydrogen-bond donors (Lipinski definition) is 0. The maximum atomic E-state index is 11.5. The molecule has 0 radical (unpaired) electrons. The minimum atomic E-state index is -0.170. The highest BCUT2D eigenvalue weighted by atomic mass is 16.6. The largest absolute Gasteiger partial charge is 0.482 e. The van der Waals surface area contributed by atoms with Crippen LogP contribution in [0.1, 0.15) is 12.5 Å². The lowest BCUT2D eigenvalue weighted by molar-refractivity contribution is -0.120. The normalized spacial score (nSPS) is 27.4. The van der Waals surface area contributed by atoms with Crippen molar-refractivity contribution in [2.24, 2.45) is 0 Å². The van der Waals surface area contributed by atoms with Gasteiger partial charge in [0.1, 0.15) is 11.4 Å². The van der Waals surface area contributed by atoms with Crippen LogP contribution in [0.4, 0.5) is 5.69 Å². The van der Waals surface area contributed by atoms with Crippen molar-refractivity contribution in [3.05, 3.63) is 23.8 Å². The molecule has 0 N–H and O–H groups in total. The number of rotatable bonds is 1. The predicted molar refractivity (Wildman–Crippen MR) is 58.7 cm³/mol. The first-order chi connectivity index (χ1) is 7.60. The predicted octanol–water partition coefficient (Wildman–Crippen LogP) is 1.29. The van der Waals surface area contributed by atoms with Crippen LogP contribution in [0.25, 0.3) is 0 Å². The fraction of sp³-hybridized carbons (Fsp3) is 0.417. The standard InChI is InChI=1S/C12H13NO3/c1-12(7-16-12)8-3-4-10-9(5-8)13(2)11(14)6-15-10/h3-5H,6-7H2,1-2H3. The first-order valence-corrected chi connectivity index (χ1v) is 5.28. The van der Waals surface area contributed by atoms with Crippen LogP contribution in [0.3, 0.4) is 0 Å². The average molecular weight is 219 g/mol. The van der Waals surface area contributed by atoms with Crippen molar-refractivity contribution in [3.8, 4) is 5.75 Å². The van der Waals surface area contributed by atoms with Crippen LogP contribution < -0.4 is 9.64 Å². The van der Waals surface area contributed by atoms with Gasteiger partial charge in [-0.05, 0) is 24.6 Å². The minimum absolute atomic E-state index is 0.0217. The Hall–Kier alpha value is -1.55. The summed E-state index contributed by atoms with van der Waals surface area (Å²) >= 11 is 0. The molecule has 0 aromatic heterocycles. The first-order valence-electron chi connectivity index (χ1n) is 5.28. The average Bonchev–Trinajstić information content (AvgIpc) is 3.03. The van der Waals surface area contributed by atoms with E-state index < -0.39 is 0 Å². The number of anilines is 1. The smallest absolute Gasteiger partial charge is 0.264 e. The molecule has 1 saturated heterocycles. The topological polar surface area (TPSA) is 42.1 Å². The summed E-state index contributed by atoms with van der Waals surface area (Å²) in [5.74, 6) is 0.738. The molecule has 0 spiro atoms. The van der Waals surface area contributed by atoms with Crippen LogP contribution in [-0.2, 0) is 15.1 Å². The third-order valence-corrected chi connectivity index (χ3v) is 3.23. The summed E-state index contributed by atoms with van der Waals surface area (Å²) in [7, 11) is 1.77. The maximum absolute atomic E-state index is 11.5. The number of hydrogen-bond acceptors (Lipinski definition) is 3. The Bertz CT molecular complexity index is 465. The lowest BCUT2D eigenvalue weighted by Gasteiger charge is -2.26. The van der Waals surface area contributed by atoms with Gasteiger partial charge in [0.2, 0.25) is 0 Å². The Morgan fingerprint density at radius 3 is 2.88 bits per heavy atom. The van der Waals surface area contributed by atoms with Crippen molar-refractivity contribution in [3.63, 3.8) is 0 Å². The molecule has 4 heteroatoms. The van der Waals surface area contributed by atoms with E-state index in [0.29, 0.717) is 0 Å². The quantitative estimate of drug-likeness (QED) is 0.668. The molecule has 4 nitrogen and oxygen atoms in total. The number of amides is 1. The van der Waals surface area contributed by atoms with Gasteiger partial charge in [-0.3, -0.25) is 4.79 Å². The second kappa shape index (κ2) is 2.98. The van der Waals surface area contributed by atoms with Crippen LogP contribution >= 0.6 is 0 Å². The summed E-state index contributed by atoms with van der Waals surface area (Å²) in [4.78, 5) is 13.1. The number of carbonyl (C=O) groups is 1. The van der Waals surface area contributed by atoms with E-state index in [2.05, 4.69) is 0 Å². The minimum Gasteiger partial charge on any atom is -0.482 e. The van der Waals surface area contributed by atoms with Gasteiger partial charge in [-0.2, -0.15) is 0 Å². The molecule has 2 heterocycles. The van der Waals surface area contributed by atoms with Crippen molar-refractivity contribution in [1.82, 2.24) is 0 Å². The first kappa shape index (κ1) is 9.66. The molecule has 3 rings (SSSR count). The van der Waals surface area contributed by atoms with Gasteiger partial charge in [0.25, 0.3) is 5.91 Å². The molecular formula is C12H13NO3. The van der Waals surface area contributed by atoms with Gasteiger partial charge in [-0.25, -0.2) is 0 Å². The monoisotopic (exact) mass is 219 g/mol. The maximum Gasteiger partial charge on any atom is 0.264 e. The van der Waals surface area contributed by atoms with E-state index in [1.807, 2.05) is 25.1 Å². The second-order valence-corrected chi connectivity index (χ2v) is 4.44. The zero-order chi connectivity index (χ0) is 11.3. The van der Waals surface area contributed by atoms with Crippen molar-refractivity contribution in [2.75, 3.05) is 25.2 Å². The molecule has 1 fully saturated rings. The Labute approximate surface area is 93.8 Å². The van der Waals surface area contributed by atoms with E-state index in [-0.39, 0.29) is 18.1 Å². The molecular weight excluding hydrogens is 206 g/mol. The van der Waals surface area contributed by atoms with Gasteiger partial charge in [-0.1, -0.05) is 6.07 Å². The van der Waals surface area contributed by atoms with E-state index in [9.17, 15) is 4.79 Å². The van der Waals surface area contributed by atoms with Gasteiger partial charge < -0.3 is 14.4 Å². The summed E-state index contributed by atoms with van der Waals surface area (Å²) in [6.07, 6.45) is 0. The van der Waals surface area contributed by atoms with E-state index in [4.69, 9.17) is 9.47 Å². The Kier molecular flexibility index (Phi) is 1.80. The van der Waals surface area contributed by atoms with Crippen molar-refractivity contribution in [2.45, 2.75) is 12.5 Å². The summed E-state index contributed by atoms with van der Waals surface area (Å²) in [5.41, 5.74) is 1.75. The highest BCUT2D eigenvalue weighted by molar-refractivity contribution is 5.97. The molecule has 2 aliphatic rings. The molecule has 84 valence electrons. The summed E-state index contributed by atoms with van der Waals surface area (Å²) in [5, 5.41) is 0. The van der Waals surface area contributed by atoms with E-state index in [0.717, 1.165) is 23.6 Å². The molecule has 1 amide bonds. The zero-order valence-electron chi connectivity index (χ0n) is 9.32. The summed E-state index contributed by atoms with van der Waals surface area (Å²) in [6.45, 7) is 2.90. The summed E-state index contributed by atoms with van der Waals surface area (Å²) in [6, 6.07) is 5.87. The van der Waals surface area contributed by atoms with Crippen molar-refractivity contribution >= 4 is 11.6 Å². The van der Waals surface area contributed by atoms with E-state index in [1.165, 1.54) is 0 Å². The van der Waals surface area contributed by atoms with Gasteiger partial charge in [0.15, 0.2) is 6.61 Å². The SMILES string of the molecule is CN1C(=O)COc2ccc(C3(C)CO3)cc21. The molecule has 16 heavy (non-hydrogen) atoms. The highest BCUT2D eigenvalue weighted by Gasteiger charge is 2.42. The van der Waals surface area contributed by atoms with Gasteiger partial charge in [-0.15, -0.1) is 0 Å².